The lowest BCUT2D eigenvalue weighted by molar-refractivity contribution is -0.0260. The molecule has 4 heteroatoms. The van der Waals surface area contributed by atoms with Crippen LogP contribution in [0.2, 0.25) is 0 Å². The number of carbonyl (C=O) groups excluding carboxylic acids is 2. The van der Waals surface area contributed by atoms with Crippen LogP contribution in [0, 0.1) is 5.92 Å². The van der Waals surface area contributed by atoms with E-state index < -0.39 is 5.60 Å². The highest BCUT2D eigenvalue weighted by Gasteiger charge is 2.44. The van der Waals surface area contributed by atoms with Crippen LogP contribution in [0.15, 0.2) is 24.3 Å². The lowest BCUT2D eigenvalue weighted by Crippen LogP contribution is -2.56. The Kier molecular flexibility index (Phi) is 5.62. The summed E-state index contributed by atoms with van der Waals surface area (Å²) < 4.78 is 5.65. The molecule has 154 valence electrons. The third kappa shape index (κ3) is 4.59. The Labute approximate surface area is 169 Å². The molecule has 0 aromatic heterocycles. The molecule has 0 saturated carbocycles. The van der Waals surface area contributed by atoms with Gasteiger partial charge in [-0.1, -0.05) is 39.0 Å². The average molecular weight is 386 g/mol. The molecule has 2 atom stereocenters. The molecule has 2 heterocycles. The summed E-state index contributed by atoms with van der Waals surface area (Å²) in [5.74, 6) is 0.219. The Bertz CT molecular complexity index is 727. The molecule has 2 aliphatic rings. The predicted octanol–water partition coefficient (Wildman–Crippen LogP) is 5.74. The van der Waals surface area contributed by atoms with Crippen LogP contribution in [-0.4, -0.2) is 34.5 Å². The molecule has 2 unspecified atom stereocenters. The minimum absolute atomic E-state index is 0.01000. The van der Waals surface area contributed by atoms with E-state index in [1.54, 1.807) is 0 Å². The fourth-order valence-electron chi connectivity index (χ4n) is 4.58. The molecule has 0 N–H and O–H groups in total. The minimum Gasteiger partial charge on any atom is -0.444 e. The molecular weight excluding hydrogens is 350 g/mol. The molecule has 1 aromatic carbocycles. The van der Waals surface area contributed by atoms with Crippen molar-refractivity contribution in [1.29, 1.82) is 0 Å². The topological polar surface area (TPSA) is 46.6 Å². The van der Waals surface area contributed by atoms with Gasteiger partial charge in [-0.25, -0.2) is 4.79 Å². The summed E-state index contributed by atoms with van der Waals surface area (Å²) in [6.07, 6.45) is 4.31. The number of nitrogens with zero attached hydrogens (tertiary/aromatic N) is 1. The zero-order valence-electron chi connectivity index (χ0n) is 18.2. The number of hydrogen-bond donors (Lipinski definition) is 0. The van der Waals surface area contributed by atoms with E-state index in [-0.39, 0.29) is 35.3 Å². The number of ketones is 1. The number of Topliss-reactive ketones (excluding diaryl/α,β-unsaturated/α-hetero) is 1. The van der Waals surface area contributed by atoms with Gasteiger partial charge in [0.05, 0.1) is 0 Å². The molecular formula is C24H35NO3. The predicted molar refractivity (Wildman–Crippen MR) is 112 cm³/mol. The van der Waals surface area contributed by atoms with Crippen LogP contribution in [0.25, 0.3) is 0 Å². The molecule has 2 bridgehead atoms. The molecule has 0 spiro atoms. The highest BCUT2D eigenvalue weighted by atomic mass is 16.6. The fraction of sp³-hybridized carbons (Fsp3) is 0.667. The lowest BCUT2D eigenvalue weighted by atomic mass is 9.75. The molecule has 1 amide bonds. The van der Waals surface area contributed by atoms with E-state index in [1.165, 1.54) is 5.56 Å². The van der Waals surface area contributed by atoms with Gasteiger partial charge in [-0.2, -0.15) is 0 Å². The molecule has 2 fully saturated rings. The van der Waals surface area contributed by atoms with Gasteiger partial charge in [0.2, 0.25) is 0 Å². The summed E-state index contributed by atoms with van der Waals surface area (Å²) in [7, 11) is 0. The zero-order valence-corrected chi connectivity index (χ0v) is 18.2. The van der Waals surface area contributed by atoms with Gasteiger partial charge in [-0.15, -0.1) is 0 Å². The standard InChI is InChI=1S/C24H35NO3/c1-23(2,3)18-10-7-9-16(13-18)21(26)17-14-19-11-8-12-20(15-17)25(19)22(27)28-24(4,5)6/h7,9-10,13,17,19-20H,8,11-12,14-15H2,1-6H3. The lowest BCUT2D eigenvalue weighted by Gasteiger charge is -2.48. The second kappa shape index (κ2) is 7.53. The van der Waals surface area contributed by atoms with Gasteiger partial charge in [0, 0.05) is 23.6 Å². The highest BCUT2D eigenvalue weighted by molar-refractivity contribution is 5.98. The van der Waals surface area contributed by atoms with Gasteiger partial charge in [0.25, 0.3) is 0 Å². The summed E-state index contributed by atoms with van der Waals surface area (Å²) in [4.78, 5) is 28.0. The van der Waals surface area contributed by atoms with Crippen LogP contribution < -0.4 is 0 Å². The van der Waals surface area contributed by atoms with Crippen molar-refractivity contribution in [1.82, 2.24) is 4.90 Å². The highest BCUT2D eigenvalue weighted by Crippen LogP contribution is 2.39. The van der Waals surface area contributed by atoms with Gasteiger partial charge < -0.3 is 9.64 Å². The maximum atomic E-state index is 13.3. The fourth-order valence-corrected chi connectivity index (χ4v) is 4.58. The molecule has 2 saturated heterocycles. The minimum atomic E-state index is -0.495. The summed E-state index contributed by atoms with van der Waals surface area (Å²) >= 11 is 0. The first-order valence-electron chi connectivity index (χ1n) is 10.6. The van der Waals surface area contributed by atoms with Gasteiger partial charge in [-0.05, 0) is 69.9 Å². The van der Waals surface area contributed by atoms with Crippen LogP contribution in [0.5, 0.6) is 0 Å². The summed E-state index contributed by atoms with van der Waals surface area (Å²) in [5, 5.41) is 0. The van der Waals surface area contributed by atoms with E-state index in [4.69, 9.17) is 4.74 Å². The summed E-state index contributed by atoms with van der Waals surface area (Å²) in [5.41, 5.74) is 1.52. The number of hydrogen-bond acceptors (Lipinski definition) is 3. The smallest absolute Gasteiger partial charge is 0.410 e. The van der Waals surface area contributed by atoms with Crippen molar-refractivity contribution in [3.05, 3.63) is 35.4 Å². The van der Waals surface area contributed by atoms with Crippen molar-refractivity contribution in [2.45, 2.75) is 96.7 Å². The molecule has 0 aliphatic carbocycles. The van der Waals surface area contributed by atoms with Crippen LogP contribution in [0.3, 0.4) is 0 Å². The van der Waals surface area contributed by atoms with Gasteiger partial charge in [0.1, 0.15) is 5.60 Å². The molecule has 2 aliphatic heterocycles. The molecule has 28 heavy (non-hydrogen) atoms. The summed E-state index contributed by atoms with van der Waals surface area (Å²) in [6.45, 7) is 12.2. The Hall–Kier alpha value is -1.84. The van der Waals surface area contributed by atoms with E-state index >= 15 is 0 Å². The second-order valence-electron chi connectivity index (χ2n) is 10.5. The van der Waals surface area contributed by atoms with Crippen LogP contribution in [0.4, 0.5) is 4.79 Å². The number of ether oxygens (including phenoxy) is 1. The van der Waals surface area contributed by atoms with Crippen molar-refractivity contribution < 1.29 is 14.3 Å². The SMILES string of the molecule is CC(C)(C)OC(=O)N1C2CCCC1CC(C(=O)c1cccc(C(C)(C)C)c1)C2. The number of carbonyl (C=O) groups is 2. The normalized spacial score (nSPS) is 25.4. The maximum Gasteiger partial charge on any atom is 0.410 e. The Morgan fingerprint density at radius 1 is 1.00 bits per heavy atom. The van der Waals surface area contributed by atoms with Crippen molar-refractivity contribution in [3.63, 3.8) is 0 Å². The van der Waals surface area contributed by atoms with Crippen LogP contribution in [0.1, 0.15) is 89.6 Å². The largest absolute Gasteiger partial charge is 0.444 e. The molecule has 0 radical (unpaired) electrons. The third-order valence-corrected chi connectivity index (χ3v) is 5.96. The summed E-state index contributed by atoms with van der Waals surface area (Å²) in [6, 6.07) is 8.30. The van der Waals surface area contributed by atoms with Crippen LogP contribution in [-0.2, 0) is 10.2 Å². The number of fused-ring (bicyclic) bond motifs is 2. The van der Waals surface area contributed by atoms with E-state index in [9.17, 15) is 9.59 Å². The molecule has 4 nitrogen and oxygen atoms in total. The zero-order chi connectivity index (χ0) is 20.7. The van der Waals surface area contributed by atoms with Gasteiger partial charge in [0.15, 0.2) is 5.78 Å². The average Bonchev–Trinajstić information content (AvgIpc) is 2.57. The first-order chi connectivity index (χ1) is 13.0. The first-order valence-corrected chi connectivity index (χ1v) is 10.6. The van der Waals surface area contributed by atoms with Crippen molar-refractivity contribution in [3.8, 4) is 0 Å². The number of rotatable bonds is 2. The first kappa shape index (κ1) is 20.9. The van der Waals surface area contributed by atoms with Crippen molar-refractivity contribution >= 4 is 11.9 Å². The monoisotopic (exact) mass is 385 g/mol. The molecule has 1 aromatic rings. The van der Waals surface area contributed by atoms with E-state index in [2.05, 4.69) is 32.9 Å². The number of benzene rings is 1. The second-order valence-corrected chi connectivity index (χ2v) is 10.5. The Morgan fingerprint density at radius 2 is 1.61 bits per heavy atom. The van der Waals surface area contributed by atoms with Crippen molar-refractivity contribution in [2.24, 2.45) is 5.92 Å². The Morgan fingerprint density at radius 3 is 2.14 bits per heavy atom. The number of piperidine rings is 2. The third-order valence-electron chi connectivity index (χ3n) is 5.96. The van der Waals surface area contributed by atoms with E-state index in [0.29, 0.717) is 0 Å². The maximum absolute atomic E-state index is 13.3. The van der Waals surface area contributed by atoms with Crippen LogP contribution >= 0.6 is 0 Å². The van der Waals surface area contributed by atoms with E-state index in [1.807, 2.05) is 37.8 Å². The van der Waals surface area contributed by atoms with Crippen molar-refractivity contribution in [2.75, 3.05) is 0 Å². The number of amides is 1. The van der Waals surface area contributed by atoms with Gasteiger partial charge in [-0.3, -0.25) is 4.79 Å². The van der Waals surface area contributed by atoms with E-state index in [0.717, 1.165) is 37.7 Å². The Balaban J connectivity index is 1.77. The van der Waals surface area contributed by atoms with Gasteiger partial charge >= 0.3 is 6.09 Å². The molecule has 3 rings (SSSR count). The quantitative estimate of drug-likeness (QED) is 0.610.